The van der Waals surface area contributed by atoms with Gasteiger partial charge in [-0.05, 0) is 67.8 Å². The van der Waals surface area contributed by atoms with E-state index in [2.05, 4.69) is 37.3 Å². The maximum atomic E-state index is 2.34. The van der Waals surface area contributed by atoms with Gasteiger partial charge in [0.15, 0.2) is 0 Å². The Kier molecular flexibility index (Phi) is 6.60. The molecule has 2 fully saturated rings. The third kappa shape index (κ3) is 4.85. The van der Waals surface area contributed by atoms with Crippen LogP contribution in [0.25, 0.3) is 0 Å². The predicted octanol–water partition coefficient (Wildman–Crippen LogP) is 7.35. The van der Waals surface area contributed by atoms with Crippen molar-refractivity contribution in [3.63, 3.8) is 0 Å². The molecule has 0 heterocycles. The number of hydrogen-bond acceptors (Lipinski definition) is 0. The Hall–Kier alpha value is -0.780. The van der Waals surface area contributed by atoms with Gasteiger partial charge in [0.2, 0.25) is 0 Å². The fraction of sp³-hybridized carbons (Fsp3) is 0.739. The van der Waals surface area contributed by atoms with Gasteiger partial charge >= 0.3 is 0 Å². The molecular weight excluding hydrogens is 276 g/mol. The molecule has 0 nitrogen and oxygen atoms in total. The Morgan fingerprint density at radius 2 is 1.35 bits per heavy atom. The van der Waals surface area contributed by atoms with Gasteiger partial charge in [0, 0.05) is 0 Å². The number of benzene rings is 1. The van der Waals surface area contributed by atoms with E-state index in [0.717, 1.165) is 23.7 Å². The Balaban J connectivity index is 1.39. The van der Waals surface area contributed by atoms with Crippen molar-refractivity contribution >= 4 is 0 Å². The second-order valence-electron chi connectivity index (χ2n) is 8.30. The van der Waals surface area contributed by atoms with Crippen LogP contribution in [0.4, 0.5) is 0 Å². The molecule has 0 bridgehead atoms. The summed E-state index contributed by atoms with van der Waals surface area (Å²) in [6, 6.07) is 11.2. The summed E-state index contributed by atoms with van der Waals surface area (Å²) in [5.74, 6) is 4.02. The molecule has 0 heteroatoms. The van der Waals surface area contributed by atoms with Gasteiger partial charge in [-0.3, -0.25) is 0 Å². The molecule has 2 aliphatic carbocycles. The quantitative estimate of drug-likeness (QED) is 0.482. The highest BCUT2D eigenvalue weighted by Crippen LogP contribution is 2.44. The monoisotopic (exact) mass is 312 g/mol. The van der Waals surface area contributed by atoms with Gasteiger partial charge in [-0.25, -0.2) is 0 Å². The van der Waals surface area contributed by atoms with Crippen molar-refractivity contribution in [2.45, 2.75) is 89.9 Å². The first-order valence-corrected chi connectivity index (χ1v) is 10.4. The second kappa shape index (κ2) is 8.90. The van der Waals surface area contributed by atoms with Gasteiger partial charge in [0.1, 0.15) is 0 Å². The highest BCUT2D eigenvalue weighted by atomic mass is 14.4. The van der Waals surface area contributed by atoms with E-state index in [0.29, 0.717) is 0 Å². The molecular formula is C23H36. The van der Waals surface area contributed by atoms with E-state index in [1.807, 2.05) is 0 Å². The summed E-state index contributed by atoms with van der Waals surface area (Å²) in [4.78, 5) is 0. The normalized spacial score (nSPS) is 31.9. The minimum atomic E-state index is 0.845. The van der Waals surface area contributed by atoms with Gasteiger partial charge in [-0.1, -0.05) is 75.8 Å². The summed E-state index contributed by atoms with van der Waals surface area (Å²) >= 11 is 0. The molecule has 2 saturated carbocycles. The van der Waals surface area contributed by atoms with Crippen LogP contribution in [0, 0.1) is 17.8 Å². The molecule has 0 aromatic heterocycles. The first-order valence-electron chi connectivity index (χ1n) is 10.4. The molecule has 3 rings (SSSR count). The molecule has 23 heavy (non-hydrogen) atoms. The maximum absolute atomic E-state index is 2.34. The minimum Gasteiger partial charge on any atom is -0.0654 e. The molecule has 2 aliphatic rings. The fourth-order valence-corrected chi connectivity index (χ4v) is 5.28. The Bertz CT molecular complexity index is 419. The molecule has 0 amide bonds. The average Bonchev–Trinajstić information content (AvgIpc) is 2.63. The third-order valence-corrected chi connectivity index (χ3v) is 6.82. The maximum Gasteiger partial charge on any atom is -0.0162 e. The zero-order valence-corrected chi connectivity index (χ0v) is 15.2. The van der Waals surface area contributed by atoms with Crippen LogP contribution in [0.3, 0.4) is 0 Å². The number of hydrogen-bond donors (Lipinski definition) is 0. The molecule has 0 N–H and O–H groups in total. The van der Waals surface area contributed by atoms with Crippen molar-refractivity contribution in [1.29, 1.82) is 0 Å². The molecule has 0 aliphatic heterocycles. The Morgan fingerprint density at radius 1 is 0.739 bits per heavy atom. The first-order chi connectivity index (χ1) is 11.4. The fourth-order valence-electron chi connectivity index (χ4n) is 5.28. The van der Waals surface area contributed by atoms with Crippen LogP contribution in [-0.4, -0.2) is 0 Å². The zero-order valence-electron chi connectivity index (χ0n) is 15.2. The summed E-state index contributed by atoms with van der Waals surface area (Å²) in [6.45, 7) is 2.32. The number of unbranched alkanes of at least 4 members (excludes halogenated alkanes) is 2. The lowest BCUT2D eigenvalue weighted by atomic mass is 9.68. The van der Waals surface area contributed by atoms with E-state index in [1.54, 1.807) is 5.56 Å². The van der Waals surface area contributed by atoms with Gasteiger partial charge in [0.05, 0.1) is 0 Å². The minimum absolute atomic E-state index is 0.845. The summed E-state index contributed by atoms with van der Waals surface area (Å²) in [5, 5.41) is 0. The second-order valence-corrected chi connectivity index (χ2v) is 8.30. The lowest BCUT2D eigenvalue weighted by Crippen LogP contribution is -2.25. The summed E-state index contributed by atoms with van der Waals surface area (Å²) in [6.07, 6.45) is 17.8. The van der Waals surface area contributed by atoms with E-state index < -0.39 is 0 Å². The van der Waals surface area contributed by atoms with Crippen molar-refractivity contribution in [3.05, 3.63) is 35.9 Å². The van der Waals surface area contributed by atoms with Gasteiger partial charge < -0.3 is 0 Å². The molecule has 0 saturated heterocycles. The zero-order chi connectivity index (χ0) is 15.9. The average molecular weight is 313 g/mol. The SMILES string of the molecule is CCCCC[C@H]1CC[C@H](C2CCC(c3ccccc3)CC2)CC1. The molecule has 0 atom stereocenters. The van der Waals surface area contributed by atoms with E-state index in [4.69, 9.17) is 0 Å². The largest absolute Gasteiger partial charge is 0.0654 e. The van der Waals surface area contributed by atoms with Crippen LogP contribution in [0.2, 0.25) is 0 Å². The van der Waals surface area contributed by atoms with Crippen molar-refractivity contribution in [1.82, 2.24) is 0 Å². The van der Waals surface area contributed by atoms with Crippen molar-refractivity contribution in [2.75, 3.05) is 0 Å². The highest BCUT2D eigenvalue weighted by Gasteiger charge is 2.30. The van der Waals surface area contributed by atoms with Crippen molar-refractivity contribution in [2.24, 2.45) is 17.8 Å². The molecule has 1 aromatic rings. The Labute approximate surface area is 144 Å². The topological polar surface area (TPSA) is 0 Å². The van der Waals surface area contributed by atoms with Crippen LogP contribution < -0.4 is 0 Å². The molecule has 128 valence electrons. The van der Waals surface area contributed by atoms with Gasteiger partial charge in [-0.15, -0.1) is 0 Å². The first kappa shape index (κ1) is 17.1. The van der Waals surface area contributed by atoms with Crippen LogP contribution in [0.1, 0.15) is 95.5 Å². The Morgan fingerprint density at radius 3 is 1.96 bits per heavy atom. The van der Waals surface area contributed by atoms with Crippen LogP contribution in [-0.2, 0) is 0 Å². The van der Waals surface area contributed by atoms with Crippen molar-refractivity contribution in [3.8, 4) is 0 Å². The number of rotatable bonds is 6. The van der Waals surface area contributed by atoms with Gasteiger partial charge in [0.25, 0.3) is 0 Å². The van der Waals surface area contributed by atoms with Crippen LogP contribution in [0.5, 0.6) is 0 Å². The molecule has 0 spiro atoms. The standard InChI is InChI=1S/C23H36/c1-2-3-5-8-19-11-13-21(14-12-19)23-17-15-22(16-18-23)20-9-6-4-7-10-20/h4,6-7,9-10,19,21-23H,2-3,5,8,11-18H2,1H3/t19-,21-,22?,23?. The lowest BCUT2D eigenvalue weighted by Gasteiger charge is -2.38. The summed E-state index contributed by atoms with van der Waals surface area (Å²) in [7, 11) is 0. The summed E-state index contributed by atoms with van der Waals surface area (Å²) < 4.78 is 0. The van der Waals surface area contributed by atoms with Crippen molar-refractivity contribution < 1.29 is 0 Å². The predicted molar refractivity (Wildman–Crippen MR) is 101 cm³/mol. The van der Waals surface area contributed by atoms with Crippen LogP contribution in [0.15, 0.2) is 30.3 Å². The van der Waals surface area contributed by atoms with E-state index >= 15 is 0 Å². The smallest absolute Gasteiger partial charge is 0.0162 e. The van der Waals surface area contributed by atoms with Gasteiger partial charge in [-0.2, -0.15) is 0 Å². The van der Waals surface area contributed by atoms with E-state index in [-0.39, 0.29) is 0 Å². The van der Waals surface area contributed by atoms with E-state index in [1.165, 1.54) is 77.0 Å². The lowest BCUT2D eigenvalue weighted by molar-refractivity contribution is 0.155. The third-order valence-electron chi connectivity index (χ3n) is 6.82. The molecule has 1 aromatic carbocycles. The molecule has 0 radical (unpaired) electrons. The summed E-state index contributed by atoms with van der Waals surface area (Å²) in [5.41, 5.74) is 1.59. The van der Waals surface area contributed by atoms with E-state index in [9.17, 15) is 0 Å². The van der Waals surface area contributed by atoms with Crippen LogP contribution >= 0.6 is 0 Å². The molecule has 0 unspecified atom stereocenters. The highest BCUT2D eigenvalue weighted by molar-refractivity contribution is 5.19.